The van der Waals surface area contributed by atoms with E-state index >= 15 is 0 Å². The molecule has 5 heteroatoms. The summed E-state index contributed by atoms with van der Waals surface area (Å²) in [5, 5.41) is 2.98. The number of amides is 2. The van der Waals surface area contributed by atoms with Gasteiger partial charge in [-0.15, -0.1) is 0 Å². The first-order valence-corrected chi connectivity index (χ1v) is 9.96. The monoisotopic (exact) mass is 358 g/mol. The molecule has 2 aliphatic rings. The summed E-state index contributed by atoms with van der Waals surface area (Å²) < 4.78 is 5.57. The molecule has 0 bridgehead atoms. The summed E-state index contributed by atoms with van der Waals surface area (Å²) in [7, 11) is 0. The molecule has 2 saturated heterocycles. The van der Waals surface area contributed by atoms with Crippen LogP contribution in [0.2, 0.25) is 0 Å². The number of nitrogens with one attached hydrogen (secondary N) is 1. The number of anilines is 1. The predicted molar refractivity (Wildman–Crippen MR) is 102 cm³/mol. The molecule has 142 valence electrons. The average Bonchev–Trinajstić information content (AvgIpc) is 3.30. The quantitative estimate of drug-likeness (QED) is 0.777. The predicted octanol–water partition coefficient (Wildman–Crippen LogP) is 3.07. The van der Waals surface area contributed by atoms with Crippen LogP contribution < -0.4 is 10.2 Å². The third-order valence-corrected chi connectivity index (χ3v) is 5.35. The minimum Gasteiger partial charge on any atom is -0.378 e. The third kappa shape index (κ3) is 4.85. The first kappa shape index (κ1) is 18.9. The second kappa shape index (κ2) is 9.17. The molecule has 2 amide bonds. The molecular formula is C21H30N2O3. The van der Waals surface area contributed by atoms with E-state index in [1.807, 2.05) is 12.1 Å². The zero-order valence-electron chi connectivity index (χ0n) is 15.7. The van der Waals surface area contributed by atoms with Gasteiger partial charge in [-0.1, -0.05) is 25.5 Å². The van der Waals surface area contributed by atoms with Crippen molar-refractivity contribution < 1.29 is 14.3 Å². The Bertz CT molecular complexity index is 608. The van der Waals surface area contributed by atoms with Gasteiger partial charge in [0.2, 0.25) is 11.8 Å². The maximum absolute atomic E-state index is 12.4. The van der Waals surface area contributed by atoms with E-state index in [1.54, 1.807) is 4.90 Å². The van der Waals surface area contributed by atoms with E-state index in [4.69, 9.17) is 4.74 Å². The van der Waals surface area contributed by atoms with Crippen LogP contribution in [0.25, 0.3) is 0 Å². The molecule has 26 heavy (non-hydrogen) atoms. The van der Waals surface area contributed by atoms with Crippen LogP contribution >= 0.6 is 0 Å². The van der Waals surface area contributed by atoms with Gasteiger partial charge in [0, 0.05) is 31.8 Å². The van der Waals surface area contributed by atoms with Crippen molar-refractivity contribution in [2.75, 3.05) is 24.6 Å². The van der Waals surface area contributed by atoms with Gasteiger partial charge in [-0.25, -0.2) is 0 Å². The van der Waals surface area contributed by atoms with Gasteiger partial charge in [-0.05, 0) is 49.8 Å². The number of hydrogen-bond acceptors (Lipinski definition) is 3. The van der Waals surface area contributed by atoms with Crippen molar-refractivity contribution in [2.45, 2.75) is 58.0 Å². The van der Waals surface area contributed by atoms with Crippen molar-refractivity contribution >= 4 is 17.5 Å². The van der Waals surface area contributed by atoms with Crippen LogP contribution in [-0.4, -0.2) is 37.6 Å². The Morgan fingerprint density at radius 2 is 2.12 bits per heavy atom. The Hall–Kier alpha value is -1.88. The molecule has 5 nitrogen and oxygen atoms in total. The Kier molecular flexibility index (Phi) is 6.67. The largest absolute Gasteiger partial charge is 0.378 e. The van der Waals surface area contributed by atoms with Crippen LogP contribution in [0, 0.1) is 5.92 Å². The van der Waals surface area contributed by atoms with Crippen LogP contribution in [0.5, 0.6) is 0 Å². The Labute approximate surface area is 156 Å². The minimum absolute atomic E-state index is 0.0154. The number of carbonyl (C=O) groups excluding carboxylic acids is 2. The lowest BCUT2D eigenvalue weighted by atomic mass is 10.1. The van der Waals surface area contributed by atoms with Gasteiger partial charge in [-0.2, -0.15) is 0 Å². The molecule has 2 aliphatic heterocycles. The number of hydrogen-bond donors (Lipinski definition) is 1. The second-order valence-electron chi connectivity index (χ2n) is 7.39. The van der Waals surface area contributed by atoms with Gasteiger partial charge in [-0.3, -0.25) is 9.59 Å². The van der Waals surface area contributed by atoms with Crippen molar-refractivity contribution in [3.8, 4) is 0 Å². The molecule has 1 aromatic carbocycles. The highest BCUT2D eigenvalue weighted by atomic mass is 16.5. The second-order valence-corrected chi connectivity index (χ2v) is 7.39. The topological polar surface area (TPSA) is 58.6 Å². The van der Waals surface area contributed by atoms with E-state index in [0.29, 0.717) is 19.5 Å². The number of nitrogens with zero attached hydrogens (tertiary/aromatic N) is 1. The zero-order valence-corrected chi connectivity index (χ0v) is 15.7. The van der Waals surface area contributed by atoms with E-state index in [1.165, 1.54) is 18.4 Å². The number of aryl methyl sites for hydroxylation is 1. The lowest BCUT2D eigenvalue weighted by molar-refractivity contribution is -0.126. The van der Waals surface area contributed by atoms with Crippen molar-refractivity contribution in [1.82, 2.24) is 5.32 Å². The van der Waals surface area contributed by atoms with Crippen LogP contribution in [0.4, 0.5) is 5.69 Å². The summed E-state index contributed by atoms with van der Waals surface area (Å²) in [6, 6.07) is 8.18. The fraction of sp³-hybridized carbons (Fsp3) is 0.619. The normalized spacial score (nSPS) is 22.8. The first-order chi connectivity index (χ1) is 12.7. The van der Waals surface area contributed by atoms with Crippen LogP contribution in [0.15, 0.2) is 24.3 Å². The third-order valence-electron chi connectivity index (χ3n) is 5.35. The maximum Gasteiger partial charge on any atom is 0.227 e. The molecule has 1 aromatic rings. The number of ether oxygens (including phenoxy) is 1. The van der Waals surface area contributed by atoms with Crippen LogP contribution in [0.3, 0.4) is 0 Å². The van der Waals surface area contributed by atoms with Crippen molar-refractivity contribution in [2.24, 2.45) is 5.92 Å². The highest BCUT2D eigenvalue weighted by molar-refractivity contribution is 6.00. The van der Waals surface area contributed by atoms with Crippen LogP contribution in [0.1, 0.15) is 51.0 Å². The molecule has 2 fully saturated rings. The summed E-state index contributed by atoms with van der Waals surface area (Å²) in [5.74, 6) is -0.240. The molecule has 0 aliphatic carbocycles. The van der Waals surface area contributed by atoms with E-state index in [-0.39, 0.29) is 23.8 Å². The Morgan fingerprint density at radius 1 is 1.31 bits per heavy atom. The maximum atomic E-state index is 12.4. The van der Waals surface area contributed by atoms with Gasteiger partial charge >= 0.3 is 0 Å². The fourth-order valence-corrected chi connectivity index (χ4v) is 3.73. The lowest BCUT2D eigenvalue weighted by Crippen LogP contribution is -2.34. The lowest BCUT2D eigenvalue weighted by Gasteiger charge is -2.17. The SMILES string of the molecule is CCCCc1ccc(N2CC(C(=O)NCCC3CCCO3)CC2=O)cc1. The average molecular weight is 358 g/mol. The highest BCUT2D eigenvalue weighted by Crippen LogP contribution is 2.26. The summed E-state index contributed by atoms with van der Waals surface area (Å²) in [5.41, 5.74) is 2.19. The molecule has 0 aromatic heterocycles. The molecule has 0 saturated carbocycles. The van der Waals surface area contributed by atoms with Crippen molar-refractivity contribution in [3.63, 3.8) is 0 Å². The standard InChI is InChI=1S/C21H30N2O3/c1-2-3-5-16-7-9-18(10-8-16)23-15-17(14-20(23)24)21(25)22-12-11-19-6-4-13-26-19/h7-10,17,19H,2-6,11-15H2,1H3,(H,22,25). The smallest absolute Gasteiger partial charge is 0.227 e. The Balaban J connectivity index is 1.48. The summed E-state index contributed by atoms with van der Waals surface area (Å²) >= 11 is 0. The molecule has 2 unspecified atom stereocenters. The van der Waals surface area contributed by atoms with Crippen LogP contribution in [-0.2, 0) is 20.7 Å². The molecule has 2 heterocycles. The number of unbranched alkanes of at least 4 members (excludes halogenated alkanes) is 1. The molecule has 0 spiro atoms. The van der Waals surface area contributed by atoms with E-state index in [2.05, 4.69) is 24.4 Å². The van der Waals surface area contributed by atoms with E-state index < -0.39 is 0 Å². The summed E-state index contributed by atoms with van der Waals surface area (Å²) in [6.07, 6.45) is 7.05. The van der Waals surface area contributed by atoms with E-state index in [9.17, 15) is 9.59 Å². The molecule has 1 N–H and O–H groups in total. The number of carbonyl (C=O) groups is 2. The van der Waals surface area contributed by atoms with Crippen molar-refractivity contribution in [1.29, 1.82) is 0 Å². The van der Waals surface area contributed by atoms with Gasteiger partial charge in [0.15, 0.2) is 0 Å². The zero-order chi connectivity index (χ0) is 18.4. The van der Waals surface area contributed by atoms with Crippen molar-refractivity contribution in [3.05, 3.63) is 29.8 Å². The highest BCUT2D eigenvalue weighted by Gasteiger charge is 2.35. The molecule has 0 radical (unpaired) electrons. The Morgan fingerprint density at radius 3 is 2.81 bits per heavy atom. The number of benzene rings is 1. The van der Waals surface area contributed by atoms with E-state index in [0.717, 1.165) is 38.0 Å². The summed E-state index contributed by atoms with van der Waals surface area (Å²) in [4.78, 5) is 26.5. The first-order valence-electron chi connectivity index (χ1n) is 9.96. The fourth-order valence-electron chi connectivity index (χ4n) is 3.73. The molecule has 2 atom stereocenters. The van der Waals surface area contributed by atoms with Gasteiger partial charge < -0.3 is 15.0 Å². The molecule has 3 rings (SSSR count). The van der Waals surface area contributed by atoms with Gasteiger partial charge in [0.1, 0.15) is 0 Å². The van der Waals surface area contributed by atoms with Gasteiger partial charge in [0.05, 0.1) is 12.0 Å². The summed E-state index contributed by atoms with van der Waals surface area (Å²) in [6.45, 7) is 4.12. The molecular weight excluding hydrogens is 328 g/mol. The van der Waals surface area contributed by atoms with Gasteiger partial charge in [0.25, 0.3) is 0 Å². The minimum atomic E-state index is -0.258. The number of rotatable bonds is 8.